The lowest BCUT2D eigenvalue weighted by molar-refractivity contribution is -0.121. The van der Waals surface area contributed by atoms with Crippen molar-refractivity contribution >= 4 is 27.5 Å². The van der Waals surface area contributed by atoms with Crippen LogP contribution in [0.25, 0.3) is 0 Å². The maximum absolute atomic E-state index is 11.2. The second-order valence-corrected chi connectivity index (χ2v) is 6.89. The van der Waals surface area contributed by atoms with Crippen LogP contribution in [0.15, 0.2) is 12.0 Å². The fraction of sp³-hybridized carbons (Fsp3) is 0.727. The van der Waals surface area contributed by atoms with Crippen molar-refractivity contribution in [3.8, 4) is 0 Å². The molecule has 0 bridgehead atoms. The van der Waals surface area contributed by atoms with E-state index >= 15 is 0 Å². The minimum Gasteiger partial charge on any atom is -0.355 e. The summed E-state index contributed by atoms with van der Waals surface area (Å²) in [5.74, 6) is 1.47. The normalized spacial score (nSPS) is 11.1. The molecule has 0 aromatic rings. The molecule has 0 unspecified atom stereocenters. The summed E-state index contributed by atoms with van der Waals surface area (Å²) in [4.78, 5) is 11.2. The van der Waals surface area contributed by atoms with Crippen LogP contribution >= 0.6 is 11.8 Å². The zero-order valence-corrected chi connectivity index (χ0v) is 11.9. The molecule has 0 fully saturated rings. The number of thioether (sulfide) groups is 1. The molecule has 0 spiro atoms. The van der Waals surface area contributed by atoms with Gasteiger partial charge in [0.25, 0.3) is 0 Å². The standard InChI is InChI=1S/C11H21NO3S2/c1-3-5-6-11(13)12-7-8-16-9-10-17(14,15)4-2/h4H,2-3,5-10H2,1H3,(H,12,13). The molecule has 0 aromatic carbocycles. The van der Waals surface area contributed by atoms with Gasteiger partial charge < -0.3 is 5.32 Å². The van der Waals surface area contributed by atoms with E-state index in [2.05, 4.69) is 11.9 Å². The van der Waals surface area contributed by atoms with Crippen LogP contribution in [0, 0.1) is 0 Å². The van der Waals surface area contributed by atoms with Gasteiger partial charge in [0, 0.05) is 29.9 Å². The maximum atomic E-state index is 11.2. The molecular weight excluding hydrogens is 258 g/mol. The van der Waals surface area contributed by atoms with Gasteiger partial charge >= 0.3 is 0 Å². The minimum absolute atomic E-state index is 0.0752. The molecule has 0 aliphatic rings. The molecule has 0 rings (SSSR count). The largest absolute Gasteiger partial charge is 0.355 e. The van der Waals surface area contributed by atoms with E-state index in [1.165, 1.54) is 11.8 Å². The molecule has 1 amide bonds. The minimum atomic E-state index is -3.08. The molecule has 0 radical (unpaired) electrons. The number of nitrogens with one attached hydrogen (secondary N) is 1. The molecule has 0 aliphatic carbocycles. The lowest BCUT2D eigenvalue weighted by atomic mass is 10.2. The Hall–Kier alpha value is -0.490. The summed E-state index contributed by atoms with van der Waals surface area (Å²) in [5.41, 5.74) is 0. The van der Waals surface area contributed by atoms with Crippen LogP contribution in [0.5, 0.6) is 0 Å². The van der Waals surface area contributed by atoms with Crippen molar-refractivity contribution in [3.63, 3.8) is 0 Å². The highest BCUT2D eigenvalue weighted by Gasteiger charge is 2.04. The van der Waals surface area contributed by atoms with E-state index in [4.69, 9.17) is 0 Å². The van der Waals surface area contributed by atoms with Gasteiger partial charge in [0.1, 0.15) is 0 Å². The fourth-order valence-electron chi connectivity index (χ4n) is 1.05. The Morgan fingerprint density at radius 2 is 2.12 bits per heavy atom. The second-order valence-electron chi connectivity index (χ2n) is 3.60. The van der Waals surface area contributed by atoms with Crippen LogP contribution in [-0.2, 0) is 14.6 Å². The first kappa shape index (κ1) is 16.5. The summed E-state index contributed by atoms with van der Waals surface area (Å²) in [6.45, 7) is 5.89. The SMILES string of the molecule is C=CS(=O)(=O)CCSCCNC(=O)CCCC. The summed E-state index contributed by atoms with van der Waals surface area (Å²) in [6, 6.07) is 0. The van der Waals surface area contributed by atoms with Crippen LogP contribution in [0.3, 0.4) is 0 Å². The van der Waals surface area contributed by atoms with E-state index in [-0.39, 0.29) is 11.7 Å². The third-order valence-electron chi connectivity index (χ3n) is 2.09. The Balaban J connectivity index is 3.41. The number of carbonyl (C=O) groups is 1. The zero-order chi connectivity index (χ0) is 13.1. The van der Waals surface area contributed by atoms with Gasteiger partial charge in [-0.2, -0.15) is 11.8 Å². The third-order valence-corrected chi connectivity index (χ3v) is 4.62. The van der Waals surface area contributed by atoms with E-state index in [0.717, 1.165) is 24.0 Å². The number of unbranched alkanes of at least 4 members (excludes halogenated alkanes) is 1. The van der Waals surface area contributed by atoms with Crippen molar-refractivity contribution in [2.45, 2.75) is 26.2 Å². The second kappa shape index (κ2) is 9.53. The van der Waals surface area contributed by atoms with E-state index in [9.17, 15) is 13.2 Å². The number of hydrogen-bond donors (Lipinski definition) is 1. The molecule has 0 aromatic heterocycles. The number of amides is 1. The van der Waals surface area contributed by atoms with E-state index < -0.39 is 9.84 Å². The van der Waals surface area contributed by atoms with Gasteiger partial charge in [-0.3, -0.25) is 4.79 Å². The van der Waals surface area contributed by atoms with Gasteiger partial charge in [-0.1, -0.05) is 19.9 Å². The molecule has 0 atom stereocenters. The molecule has 1 N–H and O–H groups in total. The fourth-order valence-corrected chi connectivity index (χ4v) is 3.07. The van der Waals surface area contributed by atoms with Crippen molar-refractivity contribution in [1.82, 2.24) is 5.32 Å². The Labute approximate surface area is 108 Å². The summed E-state index contributed by atoms with van der Waals surface area (Å²) in [6.07, 6.45) is 2.50. The van der Waals surface area contributed by atoms with Crippen molar-refractivity contribution in [2.75, 3.05) is 23.8 Å². The molecule has 100 valence electrons. The van der Waals surface area contributed by atoms with Crippen LogP contribution in [0.2, 0.25) is 0 Å². The summed E-state index contributed by atoms with van der Waals surface area (Å²) < 4.78 is 22.1. The highest BCUT2D eigenvalue weighted by atomic mass is 32.2. The number of sulfone groups is 1. The van der Waals surface area contributed by atoms with Crippen LogP contribution in [0.4, 0.5) is 0 Å². The Morgan fingerprint density at radius 3 is 2.71 bits per heavy atom. The number of hydrogen-bond acceptors (Lipinski definition) is 4. The van der Waals surface area contributed by atoms with Crippen molar-refractivity contribution in [1.29, 1.82) is 0 Å². The molecule has 4 nitrogen and oxygen atoms in total. The van der Waals surface area contributed by atoms with Crippen molar-refractivity contribution < 1.29 is 13.2 Å². The third kappa shape index (κ3) is 10.4. The van der Waals surface area contributed by atoms with Gasteiger partial charge in [-0.05, 0) is 6.42 Å². The predicted molar refractivity (Wildman–Crippen MR) is 73.8 cm³/mol. The van der Waals surface area contributed by atoms with Gasteiger partial charge in [0.05, 0.1) is 5.75 Å². The molecule has 0 saturated carbocycles. The summed E-state index contributed by atoms with van der Waals surface area (Å²) >= 11 is 1.52. The van der Waals surface area contributed by atoms with Crippen LogP contribution in [0.1, 0.15) is 26.2 Å². The Kier molecular flexibility index (Phi) is 9.26. The van der Waals surface area contributed by atoms with Gasteiger partial charge in [0.2, 0.25) is 5.91 Å². The Morgan fingerprint density at radius 1 is 1.41 bits per heavy atom. The van der Waals surface area contributed by atoms with Crippen molar-refractivity contribution in [2.24, 2.45) is 0 Å². The summed E-state index contributed by atoms with van der Waals surface area (Å²) in [7, 11) is -3.08. The Bertz CT molecular complexity index is 326. The first-order valence-electron chi connectivity index (χ1n) is 5.71. The molecule has 17 heavy (non-hydrogen) atoms. The monoisotopic (exact) mass is 279 g/mol. The highest BCUT2D eigenvalue weighted by molar-refractivity contribution is 8.01. The number of rotatable bonds is 10. The van der Waals surface area contributed by atoms with E-state index in [0.29, 0.717) is 18.7 Å². The lowest BCUT2D eigenvalue weighted by Crippen LogP contribution is -2.25. The molecule has 0 aliphatic heterocycles. The van der Waals surface area contributed by atoms with E-state index in [1.807, 2.05) is 6.92 Å². The molecular formula is C11H21NO3S2. The van der Waals surface area contributed by atoms with E-state index in [1.54, 1.807) is 0 Å². The first-order chi connectivity index (χ1) is 8.02. The maximum Gasteiger partial charge on any atom is 0.220 e. The molecule has 6 heteroatoms. The molecule has 0 saturated heterocycles. The molecule has 0 heterocycles. The predicted octanol–water partition coefficient (Wildman–Crippen LogP) is 1.58. The average molecular weight is 279 g/mol. The van der Waals surface area contributed by atoms with Gasteiger partial charge in [-0.15, -0.1) is 0 Å². The highest BCUT2D eigenvalue weighted by Crippen LogP contribution is 2.02. The van der Waals surface area contributed by atoms with Gasteiger partial charge in [0.15, 0.2) is 9.84 Å². The van der Waals surface area contributed by atoms with Crippen LogP contribution in [-0.4, -0.2) is 38.1 Å². The average Bonchev–Trinajstić information content (AvgIpc) is 2.31. The van der Waals surface area contributed by atoms with Gasteiger partial charge in [-0.25, -0.2) is 8.42 Å². The first-order valence-corrected chi connectivity index (χ1v) is 8.58. The van der Waals surface area contributed by atoms with Crippen molar-refractivity contribution in [3.05, 3.63) is 12.0 Å². The topological polar surface area (TPSA) is 63.2 Å². The lowest BCUT2D eigenvalue weighted by Gasteiger charge is -2.04. The van der Waals surface area contributed by atoms with Crippen LogP contribution < -0.4 is 5.32 Å². The zero-order valence-electron chi connectivity index (χ0n) is 10.3. The summed E-state index contributed by atoms with van der Waals surface area (Å²) in [5, 5.41) is 3.79. The smallest absolute Gasteiger partial charge is 0.220 e. The quantitative estimate of drug-likeness (QED) is 0.617. The number of carbonyl (C=O) groups excluding carboxylic acids is 1.